The van der Waals surface area contributed by atoms with E-state index >= 15 is 0 Å². The highest BCUT2D eigenvalue weighted by molar-refractivity contribution is 6.09. The van der Waals surface area contributed by atoms with E-state index in [0.717, 1.165) is 0 Å². The molecule has 0 bridgehead atoms. The molecule has 2 aromatic carbocycles. The predicted molar refractivity (Wildman–Crippen MR) is 78.7 cm³/mol. The Kier molecular flexibility index (Phi) is 4.77. The summed E-state index contributed by atoms with van der Waals surface area (Å²) in [5, 5.41) is 0. The summed E-state index contributed by atoms with van der Waals surface area (Å²) in [7, 11) is 0. The summed E-state index contributed by atoms with van der Waals surface area (Å²) in [6.45, 7) is 4.91. The molecule has 0 amide bonds. The molecule has 3 heteroatoms. The Morgan fingerprint density at radius 3 is 2.15 bits per heavy atom. The van der Waals surface area contributed by atoms with Crippen molar-refractivity contribution in [2.24, 2.45) is 0 Å². The van der Waals surface area contributed by atoms with Crippen LogP contribution in [0.5, 0.6) is 11.5 Å². The summed E-state index contributed by atoms with van der Waals surface area (Å²) >= 11 is 0. The highest BCUT2D eigenvalue weighted by Gasteiger charge is 2.12. The van der Waals surface area contributed by atoms with Crippen molar-refractivity contribution in [2.45, 2.75) is 13.8 Å². The molecule has 0 heterocycles. The molecule has 0 saturated carbocycles. The average Bonchev–Trinajstić information content (AvgIpc) is 2.50. The van der Waals surface area contributed by atoms with Gasteiger partial charge in [-0.3, -0.25) is 4.79 Å². The number of ketones is 1. The van der Waals surface area contributed by atoms with E-state index in [1.165, 1.54) is 0 Å². The van der Waals surface area contributed by atoms with Gasteiger partial charge in [-0.05, 0) is 32.0 Å². The third-order valence-electron chi connectivity index (χ3n) is 2.84. The second-order valence-corrected chi connectivity index (χ2v) is 4.22. The lowest BCUT2D eigenvalue weighted by atomic mass is 10.0. The van der Waals surface area contributed by atoms with Crippen LogP contribution in [-0.2, 0) is 0 Å². The van der Waals surface area contributed by atoms with Crippen molar-refractivity contribution in [1.82, 2.24) is 0 Å². The first kappa shape index (κ1) is 14.1. The first-order valence-corrected chi connectivity index (χ1v) is 6.75. The first-order chi connectivity index (χ1) is 9.76. The fraction of sp³-hybridized carbons (Fsp3) is 0.235. The van der Waals surface area contributed by atoms with Crippen LogP contribution in [0.1, 0.15) is 29.8 Å². The first-order valence-electron chi connectivity index (χ1n) is 6.75. The zero-order valence-electron chi connectivity index (χ0n) is 11.8. The molecule has 0 aliphatic heterocycles. The molecule has 0 radical (unpaired) electrons. The molecule has 2 aromatic rings. The van der Waals surface area contributed by atoms with E-state index in [1.807, 2.05) is 32.0 Å². The summed E-state index contributed by atoms with van der Waals surface area (Å²) < 4.78 is 11.0. The Bertz CT molecular complexity index is 576. The Hall–Kier alpha value is -2.29. The zero-order valence-corrected chi connectivity index (χ0v) is 11.8. The molecular weight excluding hydrogens is 252 g/mol. The maximum absolute atomic E-state index is 12.4. The molecule has 104 valence electrons. The fourth-order valence-corrected chi connectivity index (χ4v) is 1.95. The summed E-state index contributed by atoms with van der Waals surface area (Å²) in [4.78, 5) is 12.4. The number of ether oxygens (including phenoxy) is 2. The molecule has 0 unspecified atom stereocenters. The van der Waals surface area contributed by atoms with E-state index in [2.05, 4.69) is 0 Å². The van der Waals surface area contributed by atoms with Crippen molar-refractivity contribution in [2.75, 3.05) is 13.2 Å². The topological polar surface area (TPSA) is 35.5 Å². The van der Waals surface area contributed by atoms with E-state index in [4.69, 9.17) is 9.47 Å². The molecule has 0 aliphatic rings. The van der Waals surface area contributed by atoms with Gasteiger partial charge in [0.05, 0.1) is 13.2 Å². The van der Waals surface area contributed by atoms with E-state index in [0.29, 0.717) is 35.8 Å². The van der Waals surface area contributed by atoms with E-state index < -0.39 is 0 Å². The number of carbonyl (C=O) groups is 1. The minimum atomic E-state index is -0.0189. The smallest absolute Gasteiger partial charge is 0.193 e. The number of hydrogen-bond acceptors (Lipinski definition) is 3. The van der Waals surface area contributed by atoms with E-state index in [9.17, 15) is 4.79 Å². The van der Waals surface area contributed by atoms with Crippen LogP contribution >= 0.6 is 0 Å². The summed E-state index contributed by atoms with van der Waals surface area (Å²) in [6.07, 6.45) is 0. The third kappa shape index (κ3) is 3.18. The second kappa shape index (κ2) is 6.75. The zero-order chi connectivity index (χ0) is 14.4. The molecule has 2 rings (SSSR count). The van der Waals surface area contributed by atoms with Gasteiger partial charge in [-0.1, -0.05) is 30.3 Å². The van der Waals surface area contributed by atoms with Gasteiger partial charge in [0.1, 0.15) is 0 Å². The van der Waals surface area contributed by atoms with Gasteiger partial charge >= 0.3 is 0 Å². The molecule has 3 nitrogen and oxygen atoms in total. The predicted octanol–water partition coefficient (Wildman–Crippen LogP) is 3.72. The Labute approximate surface area is 119 Å². The molecule has 0 aliphatic carbocycles. The van der Waals surface area contributed by atoms with Crippen LogP contribution in [0, 0.1) is 0 Å². The minimum Gasteiger partial charge on any atom is -0.490 e. The fourth-order valence-electron chi connectivity index (χ4n) is 1.95. The van der Waals surface area contributed by atoms with Crippen LogP contribution in [0.2, 0.25) is 0 Å². The third-order valence-corrected chi connectivity index (χ3v) is 2.84. The minimum absolute atomic E-state index is 0.0189. The number of rotatable bonds is 6. The number of carbonyl (C=O) groups excluding carboxylic acids is 1. The maximum Gasteiger partial charge on any atom is 0.193 e. The van der Waals surface area contributed by atoms with E-state index in [1.54, 1.807) is 30.3 Å². The van der Waals surface area contributed by atoms with Crippen molar-refractivity contribution in [3.05, 3.63) is 59.7 Å². The van der Waals surface area contributed by atoms with Crippen molar-refractivity contribution in [3.8, 4) is 11.5 Å². The molecule has 0 aromatic heterocycles. The number of benzene rings is 2. The van der Waals surface area contributed by atoms with Gasteiger partial charge in [0.2, 0.25) is 0 Å². The lowest BCUT2D eigenvalue weighted by molar-refractivity contribution is 0.103. The normalized spacial score (nSPS) is 10.1. The molecular formula is C17H18O3. The summed E-state index contributed by atoms with van der Waals surface area (Å²) in [5.41, 5.74) is 1.27. The van der Waals surface area contributed by atoms with Gasteiger partial charge in [0.15, 0.2) is 17.3 Å². The van der Waals surface area contributed by atoms with Crippen molar-refractivity contribution >= 4 is 5.78 Å². The van der Waals surface area contributed by atoms with Crippen molar-refractivity contribution < 1.29 is 14.3 Å². The second-order valence-electron chi connectivity index (χ2n) is 4.22. The molecule has 0 saturated heterocycles. The Morgan fingerprint density at radius 1 is 0.850 bits per heavy atom. The van der Waals surface area contributed by atoms with Crippen LogP contribution < -0.4 is 9.47 Å². The molecule has 0 N–H and O–H groups in total. The summed E-state index contributed by atoms with van der Waals surface area (Å²) in [5.74, 6) is 1.25. The molecule has 0 spiro atoms. The average molecular weight is 270 g/mol. The number of hydrogen-bond donors (Lipinski definition) is 0. The van der Waals surface area contributed by atoms with Gasteiger partial charge in [-0.15, -0.1) is 0 Å². The van der Waals surface area contributed by atoms with Crippen LogP contribution in [-0.4, -0.2) is 19.0 Å². The van der Waals surface area contributed by atoms with Gasteiger partial charge in [-0.25, -0.2) is 0 Å². The van der Waals surface area contributed by atoms with Crippen LogP contribution in [0.3, 0.4) is 0 Å². The van der Waals surface area contributed by atoms with Crippen LogP contribution in [0.25, 0.3) is 0 Å². The maximum atomic E-state index is 12.4. The highest BCUT2D eigenvalue weighted by atomic mass is 16.5. The lowest BCUT2D eigenvalue weighted by Gasteiger charge is -2.12. The standard InChI is InChI=1S/C17H18O3/c1-3-19-15-11-10-14(12-16(15)20-4-2)17(18)13-8-6-5-7-9-13/h5-12H,3-4H2,1-2H3. The van der Waals surface area contributed by atoms with Crippen molar-refractivity contribution in [1.29, 1.82) is 0 Å². The summed E-state index contributed by atoms with van der Waals surface area (Å²) in [6, 6.07) is 14.5. The van der Waals surface area contributed by atoms with Crippen molar-refractivity contribution in [3.63, 3.8) is 0 Å². The van der Waals surface area contributed by atoms with Crippen LogP contribution in [0.4, 0.5) is 0 Å². The van der Waals surface area contributed by atoms with Crippen LogP contribution in [0.15, 0.2) is 48.5 Å². The Morgan fingerprint density at radius 2 is 1.50 bits per heavy atom. The quantitative estimate of drug-likeness (QED) is 0.750. The Balaban J connectivity index is 2.33. The van der Waals surface area contributed by atoms with E-state index in [-0.39, 0.29) is 5.78 Å². The van der Waals surface area contributed by atoms with Gasteiger partial charge in [0, 0.05) is 11.1 Å². The van der Waals surface area contributed by atoms with Gasteiger partial charge < -0.3 is 9.47 Å². The highest BCUT2D eigenvalue weighted by Crippen LogP contribution is 2.29. The monoisotopic (exact) mass is 270 g/mol. The molecule has 20 heavy (non-hydrogen) atoms. The van der Waals surface area contributed by atoms with Gasteiger partial charge in [-0.2, -0.15) is 0 Å². The van der Waals surface area contributed by atoms with Gasteiger partial charge in [0.25, 0.3) is 0 Å². The molecule has 0 atom stereocenters. The SMILES string of the molecule is CCOc1ccc(C(=O)c2ccccc2)cc1OCC. The largest absolute Gasteiger partial charge is 0.490 e. The molecule has 0 fully saturated rings. The lowest BCUT2D eigenvalue weighted by Crippen LogP contribution is -2.04.